The normalized spacial score (nSPS) is 11.9. The number of unbranched alkanes of at least 4 members (excludes halogenated alkanes) is 1. The van der Waals surface area contributed by atoms with E-state index < -0.39 is 72.9 Å². The van der Waals surface area contributed by atoms with Crippen molar-refractivity contribution in [3.63, 3.8) is 0 Å². The van der Waals surface area contributed by atoms with Crippen LogP contribution in [0.5, 0.6) is 0 Å². The number of aromatic amines is 1. The smallest absolute Gasteiger partial charge is 0.322 e. The lowest BCUT2D eigenvalue weighted by atomic mass is 10.1. The third kappa shape index (κ3) is 14.4. The van der Waals surface area contributed by atoms with Crippen LogP contribution in [-0.4, -0.2) is 94.7 Å². The maximum Gasteiger partial charge on any atom is 0.322 e. The molecule has 2 atom stereocenters. The van der Waals surface area contributed by atoms with E-state index in [1.54, 1.807) is 6.92 Å². The van der Waals surface area contributed by atoms with E-state index in [0.717, 1.165) is 0 Å². The van der Waals surface area contributed by atoms with Crippen LogP contribution in [0.2, 0.25) is 0 Å². The van der Waals surface area contributed by atoms with Gasteiger partial charge < -0.3 is 37.4 Å². The highest BCUT2D eigenvalue weighted by atomic mass is 32.1. The molecule has 10 N–H and O–H groups in total. The first-order valence-corrected chi connectivity index (χ1v) is 12.4. The van der Waals surface area contributed by atoms with Crippen LogP contribution in [0.3, 0.4) is 0 Å². The summed E-state index contributed by atoms with van der Waals surface area (Å²) >= 11 is 3.87. The Labute approximate surface area is 228 Å². The molecule has 0 bridgehead atoms. The van der Waals surface area contributed by atoms with E-state index in [9.17, 15) is 33.6 Å². The first-order valence-electron chi connectivity index (χ1n) is 11.7. The lowest BCUT2D eigenvalue weighted by molar-refractivity contribution is -0.138. The third-order valence-corrected chi connectivity index (χ3v) is 5.17. The lowest BCUT2D eigenvalue weighted by Gasteiger charge is -2.18. The molecule has 0 aliphatic heterocycles. The fraction of sp³-hybridized carbons (Fsp3) is 0.524. The number of nitrogens with zero attached hydrogens (tertiary/aromatic N) is 1. The third-order valence-electron chi connectivity index (χ3n) is 4.78. The summed E-state index contributed by atoms with van der Waals surface area (Å²) in [4.78, 5) is 88.5. The van der Waals surface area contributed by atoms with Gasteiger partial charge in [-0.2, -0.15) is 12.6 Å². The van der Waals surface area contributed by atoms with E-state index in [-0.39, 0.29) is 24.7 Å². The SMILES string of the molecule is Cc1cc(=O)[nH]c(NC(=O)NCCCC[C@H](NC(=O)CNC(=O)CNC(=O)[C@@H](N)CS)C(=O)NCC(=O)O)n1. The minimum Gasteiger partial charge on any atom is -0.480 e. The Morgan fingerprint density at radius 3 is 2.31 bits per heavy atom. The number of carbonyl (C=O) groups excluding carboxylic acids is 5. The molecule has 0 aliphatic carbocycles. The van der Waals surface area contributed by atoms with Crippen molar-refractivity contribution in [1.82, 2.24) is 36.6 Å². The molecular weight excluding hydrogens is 538 g/mol. The number of hydrogen-bond donors (Lipinski definition) is 10. The molecule has 0 spiro atoms. The minimum absolute atomic E-state index is 0.0221. The minimum atomic E-state index is -1.28. The number of rotatable bonds is 16. The first kappa shape index (κ1) is 32.8. The Bertz CT molecular complexity index is 1100. The van der Waals surface area contributed by atoms with Gasteiger partial charge >= 0.3 is 12.0 Å². The quantitative estimate of drug-likeness (QED) is 0.0692. The summed E-state index contributed by atoms with van der Waals surface area (Å²) in [6.45, 7) is 0.181. The Morgan fingerprint density at radius 1 is 1.00 bits per heavy atom. The number of hydrogen-bond acceptors (Lipinski definition) is 10. The van der Waals surface area contributed by atoms with Crippen LogP contribution >= 0.6 is 12.6 Å². The van der Waals surface area contributed by atoms with E-state index in [1.807, 2.05) is 0 Å². The molecule has 0 fully saturated rings. The monoisotopic (exact) mass is 571 g/mol. The second-order valence-electron chi connectivity index (χ2n) is 8.13. The second kappa shape index (κ2) is 17.3. The number of carboxylic acid groups (broad SMARTS) is 1. The molecule has 17 nitrogen and oxygen atoms in total. The predicted octanol–water partition coefficient (Wildman–Crippen LogP) is -3.45. The number of aliphatic carboxylic acids is 1. The molecule has 6 amide bonds. The van der Waals surface area contributed by atoms with Crippen LogP contribution in [0, 0.1) is 6.92 Å². The van der Waals surface area contributed by atoms with Crippen molar-refractivity contribution >= 4 is 54.2 Å². The van der Waals surface area contributed by atoms with Crippen molar-refractivity contribution in [2.45, 2.75) is 38.3 Å². The molecule has 1 heterocycles. The van der Waals surface area contributed by atoms with Gasteiger partial charge in [0, 0.05) is 24.1 Å². The van der Waals surface area contributed by atoms with E-state index in [0.29, 0.717) is 18.5 Å². The molecule has 0 unspecified atom stereocenters. The highest BCUT2D eigenvalue weighted by Gasteiger charge is 2.21. The lowest BCUT2D eigenvalue weighted by Crippen LogP contribution is -2.51. The van der Waals surface area contributed by atoms with E-state index in [4.69, 9.17) is 10.8 Å². The molecule has 0 aliphatic rings. The van der Waals surface area contributed by atoms with Crippen molar-refractivity contribution in [2.75, 3.05) is 37.2 Å². The molecule has 0 radical (unpaired) electrons. The van der Waals surface area contributed by atoms with Crippen molar-refractivity contribution in [3.05, 3.63) is 22.1 Å². The zero-order valence-corrected chi connectivity index (χ0v) is 22.1. The molecule has 0 aromatic carbocycles. The Hall–Kier alpha value is -4.19. The Morgan fingerprint density at radius 2 is 1.67 bits per heavy atom. The van der Waals surface area contributed by atoms with Crippen LogP contribution in [0.4, 0.5) is 10.7 Å². The summed E-state index contributed by atoms with van der Waals surface area (Å²) < 4.78 is 0. The van der Waals surface area contributed by atoms with Gasteiger partial charge in [-0.1, -0.05) is 0 Å². The number of aryl methyl sites for hydroxylation is 1. The highest BCUT2D eigenvalue weighted by molar-refractivity contribution is 7.80. The zero-order chi connectivity index (χ0) is 29.4. The fourth-order valence-electron chi connectivity index (χ4n) is 2.89. The highest BCUT2D eigenvalue weighted by Crippen LogP contribution is 2.02. The summed E-state index contributed by atoms with van der Waals surface area (Å²) in [5.41, 5.74) is 5.47. The molecule has 0 saturated carbocycles. The van der Waals surface area contributed by atoms with Crippen molar-refractivity contribution in [3.8, 4) is 0 Å². The summed E-state index contributed by atoms with van der Waals surface area (Å²) in [6.07, 6.45) is 0.822. The summed E-state index contributed by atoms with van der Waals surface area (Å²) in [6, 6.07) is -1.36. The van der Waals surface area contributed by atoms with Crippen molar-refractivity contribution in [2.24, 2.45) is 5.73 Å². The molecular formula is C21H33N9O8S. The van der Waals surface area contributed by atoms with Crippen molar-refractivity contribution < 1.29 is 33.9 Å². The zero-order valence-electron chi connectivity index (χ0n) is 21.2. The predicted molar refractivity (Wildman–Crippen MR) is 141 cm³/mol. The molecule has 1 aromatic rings. The van der Waals surface area contributed by atoms with Crippen LogP contribution in [-0.2, 0) is 24.0 Å². The number of thiol groups is 1. The standard InChI is InChI=1S/C21H33N9O8S/c1-11-6-14(31)29-20(27-11)30-21(38)23-5-3-2-4-13(19(37)26-9-17(34)35)28-16(33)8-24-15(32)7-25-18(36)12(22)10-39/h6,12-13,39H,2-5,7-10,22H2,1H3,(H,24,32)(H,25,36)(H,26,37)(H,28,33)(H,34,35)(H3,23,27,29,30,31,38)/t12-,13-/m0/s1. The number of nitrogens with two attached hydrogens (primary N) is 1. The van der Waals surface area contributed by atoms with Gasteiger partial charge in [0.05, 0.1) is 19.1 Å². The Balaban J connectivity index is 2.49. The number of anilines is 1. The average Bonchev–Trinajstić information content (AvgIpc) is 2.86. The van der Waals surface area contributed by atoms with E-state index in [2.05, 4.69) is 54.5 Å². The summed E-state index contributed by atoms with van der Waals surface area (Å²) in [7, 11) is 0. The van der Waals surface area contributed by atoms with Gasteiger partial charge in [0.2, 0.25) is 29.6 Å². The van der Waals surface area contributed by atoms with Gasteiger partial charge in [-0.25, -0.2) is 9.78 Å². The summed E-state index contributed by atoms with van der Waals surface area (Å²) in [5.74, 6) is -3.96. The fourth-order valence-corrected chi connectivity index (χ4v) is 3.05. The molecule has 18 heteroatoms. The van der Waals surface area contributed by atoms with Crippen LogP contribution in [0.25, 0.3) is 0 Å². The number of amides is 6. The van der Waals surface area contributed by atoms with Gasteiger partial charge in [-0.3, -0.25) is 39.1 Å². The van der Waals surface area contributed by atoms with E-state index in [1.165, 1.54) is 6.07 Å². The molecule has 39 heavy (non-hydrogen) atoms. The molecule has 216 valence electrons. The Kier molecular flexibility index (Phi) is 14.6. The van der Waals surface area contributed by atoms with E-state index >= 15 is 0 Å². The van der Waals surface area contributed by atoms with Crippen LogP contribution in [0.1, 0.15) is 25.0 Å². The largest absolute Gasteiger partial charge is 0.480 e. The number of urea groups is 1. The first-order chi connectivity index (χ1) is 18.4. The molecule has 0 saturated heterocycles. The molecule has 1 aromatic heterocycles. The van der Waals surface area contributed by atoms with Gasteiger partial charge in [0.1, 0.15) is 12.6 Å². The van der Waals surface area contributed by atoms with Gasteiger partial charge in [-0.15, -0.1) is 0 Å². The van der Waals surface area contributed by atoms with Gasteiger partial charge in [0.25, 0.3) is 5.56 Å². The maximum absolute atomic E-state index is 12.4. The number of nitrogens with one attached hydrogen (secondary N) is 7. The average molecular weight is 572 g/mol. The topological polar surface area (TPSA) is 267 Å². The van der Waals surface area contributed by atoms with Gasteiger partial charge in [-0.05, 0) is 26.2 Å². The van der Waals surface area contributed by atoms with Crippen LogP contribution in [0.15, 0.2) is 10.9 Å². The van der Waals surface area contributed by atoms with Crippen LogP contribution < -0.4 is 43.2 Å². The number of carboxylic acids is 1. The molecule has 1 rings (SSSR count). The van der Waals surface area contributed by atoms with Gasteiger partial charge in [0.15, 0.2) is 0 Å². The number of carbonyl (C=O) groups is 6. The second-order valence-corrected chi connectivity index (χ2v) is 8.49. The van der Waals surface area contributed by atoms with Crippen molar-refractivity contribution in [1.29, 1.82) is 0 Å². The number of H-pyrrole nitrogens is 1. The maximum atomic E-state index is 12.4. The number of aromatic nitrogens is 2. The summed E-state index contributed by atoms with van der Waals surface area (Å²) in [5, 5.41) is 22.9.